The van der Waals surface area contributed by atoms with Gasteiger partial charge in [0.05, 0.1) is 32.8 Å². The summed E-state index contributed by atoms with van der Waals surface area (Å²) in [5.74, 6) is 0. The number of hydrogen-bond acceptors (Lipinski definition) is 4. The minimum absolute atomic E-state index is 0.784. The molecule has 0 fully saturated rings. The van der Waals surface area contributed by atoms with Gasteiger partial charge in [-0.05, 0) is 126 Å². The SMILES string of the molecule is c1ccc(-c2ccc(N(c3ccccc3)c3ccc(-n4c5ccccc5c5c6oc7c(ccc8c7c7ccccc7n8-c7ccc8oc9cccnc9c8c7)c6ccc54)cc3)cc2)cc1. The maximum atomic E-state index is 7.24. The fraction of sp³-hybridized carbons (Fsp3) is 0. The fourth-order valence-corrected chi connectivity index (χ4v) is 10.3. The van der Waals surface area contributed by atoms with Crippen LogP contribution in [0.2, 0.25) is 0 Å². The number of benzene rings is 9. The van der Waals surface area contributed by atoms with Gasteiger partial charge in [0, 0.05) is 61.6 Å². The van der Waals surface area contributed by atoms with E-state index >= 15 is 0 Å². The standard InChI is InChI=1S/C59H36N4O2/c1-3-12-37(13-4-1)38-21-23-40(24-22-38)61(39-14-5-2-6-15-39)41-25-27-42(28-26-41)62-49-18-9-7-16-46(49)55-51(62)32-30-44-45-31-33-52-56(59(45)65-58(44)55)47-17-8-10-19-50(47)63(52)43-29-34-53-48(36-43)57-54(64-53)20-11-35-60-57/h1-36H. The van der Waals surface area contributed by atoms with Crippen molar-refractivity contribution in [1.29, 1.82) is 0 Å². The largest absolute Gasteiger partial charge is 0.455 e. The normalized spacial score (nSPS) is 12.0. The van der Waals surface area contributed by atoms with Crippen LogP contribution in [0.4, 0.5) is 17.1 Å². The van der Waals surface area contributed by atoms with Gasteiger partial charge in [0.1, 0.15) is 22.3 Å². The van der Waals surface area contributed by atoms with Crippen LogP contribution in [0.15, 0.2) is 227 Å². The van der Waals surface area contributed by atoms with E-state index in [4.69, 9.17) is 8.83 Å². The van der Waals surface area contributed by atoms with Gasteiger partial charge in [-0.3, -0.25) is 4.98 Å². The molecule has 0 saturated carbocycles. The number of fused-ring (bicyclic) bond motifs is 14. The molecule has 0 saturated heterocycles. The molecule has 304 valence electrons. The van der Waals surface area contributed by atoms with Crippen LogP contribution in [0.3, 0.4) is 0 Å². The maximum absolute atomic E-state index is 7.24. The monoisotopic (exact) mass is 832 g/mol. The molecule has 0 radical (unpaired) electrons. The Morgan fingerprint density at radius 1 is 0.354 bits per heavy atom. The smallest absolute Gasteiger partial charge is 0.153 e. The second-order valence-corrected chi connectivity index (χ2v) is 16.7. The van der Waals surface area contributed by atoms with Gasteiger partial charge in [-0.25, -0.2) is 0 Å². The number of pyridine rings is 1. The van der Waals surface area contributed by atoms with Crippen molar-refractivity contribution in [2.75, 3.05) is 4.90 Å². The molecule has 14 rings (SSSR count). The predicted molar refractivity (Wildman–Crippen MR) is 268 cm³/mol. The zero-order chi connectivity index (χ0) is 42.6. The lowest BCUT2D eigenvalue weighted by atomic mass is 10.0. The highest BCUT2D eigenvalue weighted by Crippen LogP contribution is 2.45. The summed E-state index contributed by atoms with van der Waals surface area (Å²) in [7, 11) is 0. The first-order valence-corrected chi connectivity index (χ1v) is 21.9. The molecule has 65 heavy (non-hydrogen) atoms. The van der Waals surface area contributed by atoms with Crippen LogP contribution >= 0.6 is 0 Å². The predicted octanol–water partition coefficient (Wildman–Crippen LogP) is 16.2. The Morgan fingerprint density at radius 3 is 1.55 bits per heavy atom. The average molecular weight is 833 g/mol. The van der Waals surface area contributed by atoms with Crippen LogP contribution in [-0.2, 0) is 0 Å². The summed E-state index contributed by atoms with van der Waals surface area (Å²) in [6.07, 6.45) is 1.82. The van der Waals surface area contributed by atoms with Crippen molar-refractivity contribution in [3.05, 3.63) is 219 Å². The van der Waals surface area contributed by atoms with E-state index in [1.807, 2.05) is 18.3 Å². The van der Waals surface area contributed by atoms with Crippen molar-refractivity contribution < 1.29 is 8.83 Å². The Morgan fingerprint density at radius 2 is 0.892 bits per heavy atom. The summed E-state index contributed by atoms with van der Waals surface area (Å²) in [4.78, 5) is 6.99. The molecule has 0 N–H and O–H groups in total. The highest BCUT2D eigenvalue weighted by atomic mass is 16.3. The lowest BCUT2D eigenvalue weighted by Crippen LogP contribution is -2.10. The first-order chi connectivity index (χ1) is 32.2. The van der Waals surface area contributed by atoms with Crippen LogP contribution in [-0.4, -0.2) is 14.1 Å². The molecule has 9 aromatic carbocycles. The Balaban J connectivity index is 0.926. The van der Waals surface area contributed by atoms with Crippen LogP contribution in [0.25, 0.3) is 110 Å². The van der Waals surface area contributed by atoms with Gasteiger partial charge in [0.25, 0.3) is 0 Å². The van der Waals surface area contributed by atoms with Crippen LogP contribution in [0, 0.1) is 0 Å². The highest BCUT2D eigenvalue weighted by Gasteiger charge is 2.23. The summed E-state index contributed by atoms with van der Waals surface area (Å²) in [5.41, 5.74) is 16.4. The summed E-state index contributed by atoms with van der Waals surface area (Å²) >= 11 is 0. The Kier molecular flexibility index (Phi) is 7.59. The first-order valence-electron chi connectivity index (χ1n) is 21.9. The van der Waals surface area contributed by atoms with Crippen molar-refractivity contribution in [1.82, 2.24) is 14.1 Å². The van der Waals surface area contributed by atoms with Gasteiger partial charge >= 0.3 is 0 Å². The van der Waals surface area contributed by atoms with Crippen LogP contribution in [0.5, 0.6) is 0 Å². The van der Waals surface area contributed by atoms with E-state index in [1.165, 1.54) is 11.1 Å². The molecule has 0 spiro atoms. The number of para-hydroxylation sites is 3. The zero-order valence-corrected chi connectivity index (χ0v) is 34.9. The van der Waals surface area contributed by atoms with E-state index in [1.54, 1.807) is 0 Å². The summed E-state index contributed by atoms with van der Waals surface area (Å²) in [5, 5.41) is 7.66. The number of furan rings is 2. The van der Waals surface area contributed by atoms with Crippen molar-refractivity contribution in [3.63, 3.8) is 0 Å². The Labute approximate surface area is 372 Å². The summed E-state index contributed by atoms with van der Waals surface area (Å²) in [6, 6.07) is 75.4. The van der Waals surface area contributed by atoms with E-state index in [9.17, 15) is 0 Å². The van der Waals surface area contributed by atoms with E-state index in [0.29, 0.717) is 0 Å². The van der Waals surface area contributed by atoms with Crippen molar-refractivity contribution >= 4 is 105 Å². The van der Waals surface area contributed by atoms with Gasteiger partial charge in [-0.1, -0.05) is 97.1 Å². The molecular weight excluding hydrogens is 797 g/mol. The van der Waals surface area contributed by atoms with Gasteiger partial charge in [0.15, 0.2) is 5.58 Å². The van der Waals surface area contributed by atoms with Gasteiger partial charge < -0.3 is 22.9 Å². The lowest BCUT2D eigenvalue weighted by molar-refractivity contribution is 0.668. The maximum Gasteiger partial charge on any atom is 0.153 e. The Hall–Kier alpha value is -8.87. The molecule has 0 aliphatic heterocycles. The molecule has 14 aromatic rings. The highest BCUT2D eigenvalue weighted by molar-refractivity contribution is 6.29. The molecule has 6 nitrogen and oxygen atoms in total. The minimum atomic E-state index is 0.784. The third-order valence-corrected chi connectivity index (χ3v) is 13.2. The molecule has 0 amide bonds. The number of hydrogen-bond donors (Lipinski definition) is 0. The second-order valence-electron chi connectivity index (χ2n) is 16.7. The second kappa shape index (κ2) is 13.8. The zero-order valence-electron chi connectivity index (χ0n) is 34.9. The van der Waals surface area contributed by atoms with Crippen molar-refractivity contribution in [2.24, 2.45) is 0 Å². The van der Waals surface area contributed by atoms with Gasteiger partial charge in [-0.15, -0.1) is 0 Å². The molecule has 0 aliphatic carbocycles. The van der Waals surface area contributed by atoms with E-state index in [-0.39, 0.29) is 0 Å². The number of rotatable bonds is 6. The van der Waals surface area contributed by atoms with Gasteiger partial charge in [-0.2, -0.15) is 0 Å². The third kappa shape index (κ3) is 5.31. The molecule has 0 bridgehead atoms. The molecule has 0 unspecified atom stereocenters. The van der Waals surface area contributed by atoms with E-state index in [2.05, 4.69) is 219 Å². The van der Waals surface area contributed by atoms with Crippen LogP contribution < -0.4 is 4.90 Å². The quantitative estimate of drug-likeness (QED) is 0.167. The number of aromatic nitrogens is 3. The summed E-state index contributed by atoms with van der Waals surface area (Å²) in [6.45, 7) is 0. The topological polar surface area (TPSA) is 52.3 Å². The lowest BCUT2D eigenvalue weighted by Gasteiger charge is -2.26. The molecule has 5 heterocycles. The number of anilines is 3. The van der Waals surface area contributed by atoms with E-state index in [0.717, 1.165) is 116 Å². The molecule has 5 aromatic heterocycles. The van der Waals surface area contributed by atoms with Crippen molar-refractivity contribution in [2.45, 2.75) is 0 Å². The molecule has 0 atom stereocenters. The van der Waals surface area contributed by atoms with Crippen molar-refractivity contribution in [3.8, 4) is 22.5 Å². The summed E-state index contributed by atoms with van der Waals surface area (Å²) < 4.78 is 18.1. The van der Waals surface area contributed by atoms with Crippen LogP contribution in [0.1, 0.15) is 0 Å². The molecular formula is C59H36N4O2. The minimum Gasteiger partial charge on any atom is -0.455 e. The van der Waals surface area contributed by atoms with Gasteiger partial charge in [0.2, 0.25) is 0 Å². The molecule has 6 heteroatoms. The average Bonchev–Trinajstić information content (AvgIpc) is 4.12. The third-order valence-electron chi connectivity index (χ3n) is 13.2. The first kappa shape index (κ1) is 35.7. The Bertz CT molecular complexity index is 4160. The fourth-order valence-electron chi connectivity index (χ4n) is 10.3. The van der Waals surface area contributed by atoms with E-state index < -0.39 is 0 Å². The molecule has 0 aliphatic rings. The number of nitrogens with zero attached hydrogens (tertiary/aromatic N) is 4.